The van der Waals surface area contributed by atoms with Gasteiger partial charge < -0.3 is 5.32 Å². The van der Waals surface area contributed by atoms with Gasteiger partial charge in [-0.3, -0.25) is 4.90 Å². The van der Waals surface area contributed by atoms with Crippen molar-refractivity contribution in [2.75, 3.05) is 25.4 Å². The summed E-state index contributed by atoms with van der Waals surface area (Å²) in [6, 6.07) is 12.0. The van der Waals surface area contributed by atoms with E-state index in [1.807, 2.05) is 11.8 Å². The number of benzene rings is 1. The SMILES string of the molecule is CCC(C)N(CCNCCCSc1ccccc1)C(C)CC. The van der Waals surface area contributed by atoms with E-state index in [0.717, 1.165) is 19.6 Å². The zero-order valence-electron chi connectivity index (χ0n) is 14.8. The average Bonchev–Trinajstić information content (AvgIpc) is 2.57. The Morgan fingerprint density at radius 3 is 2.23 bits per heavy atom. The molecule has 0 aliphatic rings. The molecule has 0 heterocycles. The van der Waals surface area contributed by atoms with Crippen LogP contribution in [0.1, 0.15) is 47.0 Å². The fraction of sp³-hybridized carbons (Fsp3) is 0.684. The van der Waals surface area contributed by atoms with Gasteiger partial charge in [-0.25, -0.2) is 0 Å². The average molecular weight is 323 g/mol. The number of thioether (sulfide) groups is 1. The molecule has 0 saturated carbocycles. The summed E-state index contributed by atoms with van der Waals surface area (Å²) in [7, 11) is 0. The number of hydrogen-bond acceptors (Lipinski definition) is 3. The van der Waals surface area contributed by atoms with E-state index in [9.17, 15) is 0 Å². The summed E-state index contributed by atoms with van der Waals surface area (Å²) in [5, 5.41) is 3.61. The molecular weight excluding hydrogens is 288 g/mol. The molecule has 1 N–H and O–H groups in total. The Labute approximate surface area is 142 Å². The Kier molecular flexibility index (Phi) is 10.6. The monoisotopic (exact) mass is 322 g/mol. The van der Waals surface area contributed by atoms with Crippen LogP contribution in [0.25, 0.3) is 0 Å². The molecule has 2 nitrogen and oxygen atoms in total. The molecule has 0 aliphatic carbocycles. The molecule has 1 aromatic carbocycles. The summed E-state index contributed by atoms with van der Waals surface area (Å²) >= 11 is 1.95. The van der Waals surface area contributed by atoms with Gasteiger partial charge in [0.1, 0.15) is 0 Å². The van der Waals surface area contributed by atoms with Crippen molar-refractivity contribution < 1.29 is 0 Å². The van der Waals surface area contributed by atoms with Crippen LogP contribution in [0.5, 0.6) is 0 Å². The van der Waals surface area contributed by atoms with E-state index in [1.165, 1.54) is 29.9 Å². The zero-order chi connectivity index (χ0) is 16.2. The highest BCUT2D eigenvalue weighted by atomic mass is 32.2. The van der Waals surface area contributed by atoms with E-state index in [1.54, 1.807) is 0 Å². The third-order valence-corrected chi connectivity index (χ3v) is 5.47. The second-order valence-electron chi connectivity index (χ2n) is 6.02. The topological polar surface area (TPSA) is 15.3 Å². The lowest BCUT2D eigenvalue weighted by Gasteiger charge is -2.33. The van der Waals surface area contributed by atoms with E-state index in [4.69, 9.17) is 0 Å². The van der Waals surface area contributed by atoms with Crippen LogP contribution in [0.3, 0.4) is 0 Å². The maximum Gasteiger partial charge on any atom is 0.0112 e. The van der Waals surface area contributed by atoms with Gasteiger partial charge in [0.2, 0.25) is 0 Å². The van der Waals surface area contributed by atoms with Crippen molar-refractivity contribution in [3.05, 3.63) is 30.3 Å². The number of rotatable bonds is 12. The van der Waals surface area contributed by atoms with Crippen LogP contribution >= 0.6 is 11.8 Å². The van der Waals surface area contributed by atoms with E-state index in [-0.39, 0.29) is 0 Å². The predicted octanol–water partition coefficient (Wildman–Crippen LogP) is 4.66. The fourth-order valence-corrected chi connectivity index (χ4v) is 3.46. The predicted molar refractivity (Wildman–Crippen MR) is 101 cm³/mol. The molecule has 0 radical (unpaired) electrons. The first-order valence-electron chi connectivity index (χ1n) is 8.83. The molecule has 0 fully saturated rings. The van der Waals surface area contributed by atoms with Crippen molar-refractivity contribution >= 4 is 11.8 Å². The quantitative estimate of drug-likeness (QED) is 0.445. The molecule has 1 rings (SSSR count). The number of nitrogens with zero attached hydrogens (tertiary/aromatic N) is 1. The third kappa shape index (κ3) is 7.66. The highest BCUT2D eigenvalue weighted by Gasteiger charge is 2.16. The van der Waals surface area contributed by atoms with E-state index in [2.05, 4.69) is 68.2 Å². The Balaban J connectivity index is 2.10. The van der Waals surface area contributed by atoms with Crippen LogP contribution < -0.4 is 5.32 Å². The van der Waals surface area contributed by atoms with Gasteiger partial charge in [-0.15, -0.1) is 11.8 Å². The molecule has 0 aromatic heterocycles. The Bertz CT molecular complexity index is 359. The van der Waals surface area contributed by atoms with Crippen LogP contribution in [-0.2, 0) is 0 Å². The van der Waals surface area contributed by atoms with Gasteiger partial charge in [-0.1, -0.05) is 32.0 Å². The molecule has 0 bridgehead atoms. The Hall–Kier alpha value is -0.510. The van der Waals surface area contributed by atoms with Crippen molar-refractivity contribution in [2.24, 2.45) is 0 Å². The molecule has 1 aromatic rings. The van der Waals surface area contributed by atoms with Crippen molar-refractivity contribution in [3.8, 4) is 0 Å². The first kappa shape index (κ1) is 19.5. The second kappa shape index (κ2) is 12.0. The van der Waals surface area contributed by atoms with Crippen LogP contribution in [0.4, 0.5) is 0 Å². The van der Waals surface area contributed by atoms with E-state index in [0.29, 0.717) is 12.1 Å². The number of hydrogen-bond donors (Lipinski definition) is 1. The molecule has 0 aliphatic heterocycles. The minimum absolute atomic E-state index is 0.686. The van der Waals surface area contributed by atoms with Gasteiger partial charge in [0, 0.05) is 30.1 Å². The lowest BCUT2D eigenvalue weighted by Crippen LogP contribution is -2.43. The molecular formula is C19H34N2S. The summed E-state index contributed by atoms with van der Waals surface area (Å²) in [6.07, 6.45) is 3.70. The Morgan fingerprint density at radius 1 is 1.00 bits per heavy atom. The first-order valence-corrected chi connectivity index (χ1v) is 9.81. The summed E-state index contributed by atoms with van der Waals surface area (Å²) in [5.74, 6) is 1.19. The van der Waals surface area contributed by atoms with Crippen LogP contribution in [0.2, 0.25) is 0 Å². The van der Waals surface area contributed by atoms with Crippen molar-refractivity contribution in [2.45, 2.75) is 63.9 Å². The summed E-state index contributed by atoms with van der Waals surface area (Å²) in [4.78, 5) is 4.02. The van der Waals surface area contributed by atoms with Crippen molar-refractivity contribution in [1.82, 2.24) is 10.2 Å². The van der Waals surface area contributed by atoms with Gasteiger partial charge in [-0.2, -0.15) is 0 Å². The molecule has 2 atom stereocenters. The molecule has 126 valence electrons. The standard InChI is InChI=1S/C19H34N2S/c1-5-17(3)21(18(4)6-2)15-14-20-13-10-16-22-19-11-8-7-9-12-19/h7-9,11-12,17-18,20H,5-6,10,13-16H2,1-4H3. The molecule has 3 heteroatoms. The number of nitrogens with one attached hydrogen (secondary N) is 1. The lowest BCUT2D eigenvalue weighted by molar-refractivity contribution is 0.147. The minimum Gasteiger partial charge on any atom is -0.315 e. The van der Waals surface area contributed by atoms with Gasteiger partial charge in [0.05, 0.1) is 0 Å². The molecule has 0 amide bonds. The summed E-state index contributed by atoms with van der Waals surface area (Å²) in [5.41, 5.74) is 0. The first-order chi connectivity index (χ1) is 10.7. The van der Waals surface area contributed by atoms with Crippen molar-refractivity contribution in [3.63, 3.8) is 0 Å². The van der Waals surface area contributed by atoms with Gasteiger partial charge in [0.15, 0.2) is 0 Å². The molecule has 22 heavy (non-hydrogen) atoms. The summed E-state index contributed by atoms with van der Waals surface area (Å²) < 4.78 is 0. The van der Waals surface area contributed by atoms with Gasteiger partial charge in [-0.05, 0) is 57.5 Å². The highest BCUT2D eigenvalue weighted by molar-refractivity contribution is 7.99. The lowest BCUT2D eigenvalue weighted by atomic mass is 10.1. The normalized spacial score (nSPS) is 14.2. The van der Waals surface area contributed by atoms with Crippen LogP contribution in [0, 0.1) is 0 Å². The largest absolute Gasteiger partial charge is 0.315 e. The van der Waals surface area contributed by atoms with E-state index < -0.39 is 0 Å². The smallest absolute Gasteiger partial charge is 0.0112 e. The molecule has 0 spiro atoms. The highest BCUT2D eigenvalue weighted by Crippen LogP contribution is 2.17. The molecule has 2 unspecified atom stereocenters. The maximum atomic E-state index is 3.61. The molecule has 0 saturated heterocycles. The van der Waals surface area contributed by atoms with Gasteiger partial charge in [0.25, 0.3) is 0 Å². The van der Waals surface area contributed by atoms with Gasteiger partial charge >= 0.3 is 0 Å². The maximum absolute atomic E-state index is 3.61. The second-order valence-corrected chi connectivity index (χ2v) is 7.19. The van der Waals surface area contributed by atoms with Crippen molar-refractivity contribution in [1.29, 1.82) is 0 Å². The fourth-order valence-electron chi connectivity index (χ4n) is 2.58. The summed E-state index contributed by atoms with van der Waals surface area (Å²) in [6.45, 7) is 12.7. The van der Waals surface area contributed by atoms with Crippen LogP contribution in [0.15, 0.2) is 35.2 Å². The third-order valence-electron chi connectivity index (χ3n) is 4.37. The zero-order valence-corrected chi connectivity index (χ0v) is 15.7. The van der Waals surface area contributed by atoms with E-state index >= 15 is 0 Å². The van der Waals surface area contributed by atoms with Crippen LogP contribution in [-0.4, -0.2) is 42.4 Å². The minimum atomic E-state index is 0.686. The Morgan fingerprint density at radius 2 is 1.64 bits per heavy atom.